The second kappa shape index (κ2) is 5.38. The maximum absolute atomic E-state index is 12.7. The summed E-state index contributed by atoms with van der Waals surface area (Å²) in [7, 11) is -0.816. The normalized spacial score (nSPS) is 13.5. The number of aromatic nitrogens is 2. The van der Waals surface area contributed by atoms with Crippen molar-refractivity contribution in [3.05, 3.63) is 36.2 Å². The van der Waals surface area contributed by atoms with E-state index in [2.05, 4.69) is 4.98 Å². The molecule has 3 N–H and O–H groups in total. The standard InChI is InChI=1S/C13H18N4O3S/c1-9(10-6-4-5-7-11(10)18)17(3)21(19,20)13-12(14)15-8-16(13)2/h4-9,18H,14H2,1-3H3. The zero-order chi connectivity index (χ0) is 15.8. The molecule has 0 aliphatic carbocycles. The lowest BCUT2D eigenvalue weighted by Gasteiger charge is -2.25. The van der Waals surface area contributed by atoms with Crippen LogP contribution in [0.1, 0.15) is 18.5 Å². The molecule has 2 aromatic rings. The maximum Gasteiger partial charge on any atom is 0.262 e. The molecule has 0 radical (unpaired) electrons. The van der Waals surface area contributed by atoms with Gasteiger partial charge in [0.1, 0.15) is 5.75 Å². The Morgan fingerprint density at radius 1 is 1.38 bits per heavy atom. The van der Waals surface area contributed by atoms with E-state index in [1.807, 2.05) is 0 Å². The Labute approximate surface area is 123 Å². The van der Waals surface area contributed by atoms with Gasteiger partial charge in [-0.05, 0) is 13.0 Å². The molecular formula is C13H18N4O3S. The molecule has 1 aromatic carbocycles. The molecule has 114 valence electrons. The van der Waals surface area contributed by atoms with Crippen molar-refractivity contribution in [3.8, 4) is 5.75 Å². The van der Waals surface area contributed by atoms with Crippen molar-refractivity contribution in [1.29, 1.82) is 0 Å². The van der Waals surface area contributed by atoms with Gasteiger partial charge in [0.25, 0.3) is 10.0 Å². The first-order chi connectivity index (χ1) is 9.76. The molecule has 0 bridgehead atoms. The van der Waals surface area contributed by atoms with Crippen molar-refractivity contribution < 1.29 is 13.5 Å². The molecule has 0 saturated carbocycles. The van der Waals surface area contributed by atoms with Crippen LogP contribution in [0.25, 0.3) is 0 Å². The topological polar surface area (TPSA) is 101 Å². The summed E-state index contributed by atoms with van der Waals surface area (Å²) in [5.74, 6) is -0.00105. The summed E-state index contributed by atoms with van der Waals surface area (Å²) in [5, 5.41) is 9.81. The summed E-state index contributed by atoms with van der Waals surface area (Å²) in [5.41, 5.74) is 6.16. The van der Waals surface area contributed by atoms with Gasteiger partial charge in [-0.1, -0.05) is 18.2 Å². The molecule has 0 amide bonds. The summed E-state index contributed by atoms with van der Waals surface area (Å²) in [6, 6.07) is 6.07. The van der Waals surface area contributed by atoms with Crippen LogP contribution >= 0.6 is 0 Å². The minimum absolute atomic E-state index is 0.0463. The number of hydrogen-bond acceptors (Lipinski definition) is 5. The number of nitrogens with two attached hydrogens (primary N) is 1. The van der Waals surface area contributed by atoms with Gasteiger partial charge in [-0.3, -0.25) is 0 Å². The van der Waals surface area contributed by atoms with Gasteiger partial charge in [0.2, 0.25) is 0 Å². The van der Waals surface area contributed by atoms with Gasteiger partial charge in [0.05, 0.1) is 12.4 Å². The summed E-state index contributed by atoms with van der Waals surface area (Å²) in [4.78, 5) is 3.80. The number of anilines is 1. The van der Waals surface area contributed by atoms with E-state index in [-0.39, 0.29) is 16.6 Å². The van der Waals surface area contributed by atoms with Crippen LogP contribution < -0.4 is 5.73 Å². The molecule has 0 aliphatic rings. The van der Waals surface area contributed by atoms with Crippen molar-refractivity contribution in [1.82, 2.24) is 13.9 Å². The molecule has 1 heterocycles. The highest BCUT2D eigenvalue weighted by Gasteiger charge is 2.31. The van der Waals surface area contributed by atoms with Crippen LogP contribution in [0.4, 0.5) is 5.82 Å². The molecule has 2 rings (SSSR count). The van der Waals surface area contributed by atoms with Gasteiger partial charge >= 0.3 is 0 Å². The maximum atomic E-state index is 12.7. The van der Waals surface area contributed by atoms with Crippen LogP contribution in [0.15, 0.2) is 35.6 Å². The summed E-state index contributed by atoms with van der Waals surface area (Å²) >= 11 is 0. The van der Waals surface area contributed by atoms with E-state index >= 15 is 0 Å². The van der Waals surface area contributed by atoms with Crippen molar-refractivity contribution in [2.45, 2.75) is 18.0 Å². The fourth-order valence-corrected chi connectivity index (χ4v) is 3.66. The third kappa shape index (κ3) is 2.59. The van der Waals surface area contributed by atoms with Crippen LogP contribution in [0.2, 0.25) is 0 Å². The van der Waals surface area contributed by atoms with E-state index in [1.54, 1.807) is 32.2 Å². The van der Waals surface area contributed by atoms with Gasteiger partial charge in [-0.15, -0.1) is 0 Å². The summed E-state index contributed by atoms with van der Waals surface area (Å²) in [6.07, 6.45) is 1.35. The molecule has 0 fully saturated rings. The van der Waals surface area contributed by atoms with Crippen molar-refractivity contribution in [3.63, 3.8) is 0 Å². The first-order valence-electron chi connectivity index (χ1n) is 6.29. The Hall–Kier alpha value is -2.06. The Morgan fingerprint density at radius 3 is 2.52 bits per heavy atom. The lowest BCUT2D eigenvalue weighted by atomic mass is 10.1. The minimum atomic E-state index is -3.82. The molecule has 1 atom stereocenters. The Morgan fingerprint density at radius 2 is 2.00 bits per heavy atom. The fourth-order valence-electron chi connectivity index (χ4n) is 2.13. The molecular weight excluding hydrogens is 292 g/mol. The second-order valence-corrected chi connectivity index (χ2v) is 6.71. The predicted octanol–water partition coefficient (Wildman–Crippen LogP) is 1.09. The third-order valence-electron chi connectivity index (χ3n) is 3.47. The minimum Gasteiger partial charge on any atom is -0.508 e. The van der Waals surface area contributed by atoms with Crippen LogP contribution in [0.3, 0.4) is 0 Å². The van der Waals surface area contributed by atoms with Crippen LogP contribution in [-0.4, -0.2) is 34.4 Å². The molecule has 0 aliphatic heterocycles. The lowest BCUT2D eigenvalue weighted by Crippen LogP contribution is -2.31. The Bertz CT molecular complexity index is 735. The van der Waals surface area contributed by atoms with Gasteiger partial charge in [0, 0.05) is 19.7 Å². The van der Waals surface area contributed by atoms with Crippen LogP contribution in [0, 0.1) is 0 Å². The number of imidazole rings is 1. The van der Waals surface area contributed by atoms with Crippen molar-refractivity contribution in [2.24, 2.45) is 7.05 Å². The van der Waals surface area contributed by atoms with Gasteiger partial charge < -0.3 is 15.4 Å². The zero-order valence-corrected chi connectivity index (χ0v) is 12.9. The monoisotopic (exact) mass is 310 g/mol. The molecule has 8 heteroatoms. The van der Waals surface area contributed by atoms with Gasteiger partial charge in [0.15, 0.2) is 10.8 Å². The molecule has 0 saturated heterocycles. The Balaban J connectivity index is 2.44. The number of hydrogen-bond donors (Lipinski definition) is 2. The van der Waals surface area contributed by atoms with E-state index in [0.717, 1.165) is 4.31 Å². The van der Waals surface area contributed by atoms with Crippen molar-refractivity contribution in [2.75, 3.05) is 12.8 Å². The number of sulfonamides is 1. The number of benzene rings is 1. The fraction of sp³-hybridized carbons (Fsp3) is 0.308. The van der Waals surface area contributed by atoms with Crippen LogP contribution in [0.5, 0.6) is 5.75 Å². The van der Waals surface area contributed by atoms with Gasteiger partial charge in [-0.2, -0.15) is 4.31 Å². The average molecular weight is 310 g/mol. The number of aromatic hydroxyl groups is 1. The SMILES string of the molecule is CC(c1ccccc1O)N(C)S(=O)(=O)c1c(N)ncn1C. The number of aryl methyl sites for hydroxylation is 1. The number of nitrogens with zero attached hydrogens (tertiary/aromatic N) is 3. The number of phenolic OH excluding ortho intramolecular Hbond substituents is 1. The second-order valence-electron chi connectivity index (χ2n) is 4.80. The highest BCUT2D eigenvalue weighted by Crippen LogP contribution is 2.31. The average Bonchev–Trinajstić information content (AvgIpc) is 2.77. The highest BCUT2D eigenvalue weighted by atomic mass is 32.2. The van der Waals surface area contributed by atoms with Crippen molar-refractivity contribution >= 4 is 15.8 Å². The number of nitrogen functional groups attached to an aromatic ring is 1. The first kappa shape index (κ1) is 15.3. The van der Waals surface area contributed by atoms with E-state index in [9.17, 15) is 13.5 Å². The van der Waals surface area contributed by atoms with E-state index in [1.165, 1.54) is 24.0 Å². The number of phenols is 1. The smallest absolute Gasteiger partial charge is 0.262 e. The summed E-state index contributed by atoms with van der Waals surface area (Å²) in [6.45, 7) is 1.69. The predicted molar refractivity (Wildman–Crippen MR) is 79.1 cm³/mol. The molecule has 1 aromatic heterocycles. The zero-order valence-electron chi connectivity index (χ0n) is 12.1. The van der Waals surface area contributed by atoms with E-state index in [4.69, 9.17) is 5.73 Å². The molecule has 21 heavy (non-hydrogen) atoms. The molecule has 1 unspecified atom stereocenters. The van der Waals surface area contributed by atoms with E-state index < -0.39 is 16.1 Å². The largest absolute Gasteiger partial charge is 0.508 e. The van der Waals surface area contributed by atoms with Crippen LogP contribution in [-0.2, 0) is 17.1 Å². The lowest BCUT2D eigenvalue weighted by molar-refractivity contribution is 0.378. The quantitative estimate of drug-likeness (QED) is 0.880. The summed E-state index contributed by atoms with van der Waals surface area (Å²) < 4.78 is 27.9. The number of para-hydroxylation sites is 1. The Kier molecular flexibility index (Phi) is 3.93. The third-order valence-corrected chi connectivity index (χ3v) is 5.53. The van der Waals surface area contributed by atoms with Gasteiger partial charge in [-0.25, -0.2) is 13.4 Å². The number of rotatable bonds is 4. The molecule has 0 spiro atoms. The molecule has 7 nitrogen and oxygen atoms in total. The van der Waals surface area contributed by atoms with E-state index in [0.29, 0.717) is 5.56 Å². The first-order valence-corrected chi connectivity index (χ1v) is 7.73. The highest BCUT2D eigenvalue weighted by molar-refractivity contribution is 7.89.